The van der Waals surface area contributed by atoms with Crippen molar-refractivity contribution >= 4 is 58.5 Å². The van der Waals surface area contributed by atoms with E-state index in [4.69, 9.17) is 0 Å². The Hall–Kier alpha value is 0.752. The molecule has 0 saturated heterocycles. The standard InChI is InChI=1S/2C3H6OS2.Cr/c2*1-2-4-3(5)6;/h2*2H2,1H3,(H,5,6);/q;;+2/p-2. The van der Waals surface area contributed by atoms with E-state index in [1.165, 1.54) is 0 Å². The number of thiocarbonyl (C=S) groups is 2. The summed E-state index contributed by atoms with van der Waals surface area (Å²) in [5.41, 5.74) is 0. The van der Waals surface area contributed by atoms with Gasteiger partial charge in [0.05, 0.1) is 13.2 Å². The molecular weight excluding hydrogens is 284 g/mol. The van der Waals surface area contributed by atoms with Gasteiger partial charge in [-0.2, -0.15) is 0 Å². The van der Waals surface area contributed by atoms with Gasteiger partial charge in [0.1, 0.15) is 0 Å². The summed E-state index contributed by atoms with van der Waals surface area (Å²) in [5, 5.41) is 0. The van der Waals surface area contributed by atoms with E-state index in [9.17, 15) is 0 Å². The van der Waals surface area contributed by atoms with Gasteiger partial charge in [0, 0.05) is 8.77 Å². The molecule has 0 unspecified atom stereocenters. The Balaban J connectivity index is -0.000000143. The zero-order chi connectivity index (χ0) is 9.98. The Bertz CT molecular complexity index is 127. The van der Waals surface area contributed by atoms with Crippen LogP contribution in [0.4, 0.5) is 0 Å². The molecule has 0 fully saturated rings. The van der Waals surface area contributed by atoms with Crippen LogP contribution in [0.25, 0.3) is 0 Å². The van der Waals surface area contributed by atoms with Crippen molar-refractivity contribution in [2.45, 2.75) is 13.8 Å². The Morgan fingerprint density at radius 2 is 1.23 bits per heavy atom. The molecular formula is C6H10CrO2S4. The summed E-state index contributed by atoms with van der Waals surface area (Å²) in [6.07, 6.45) is 0. The van der Waals surface area contributed by atoms with Crippen LogP contribution >= 0.6 is 24.4 Å². The number of hydrogen-bond donors (Lipinski definition) is 0. The summed E-state index contributed by atoms with van der Waals surface area (Å²) in [6, 6.07) is 0. The molecule has 0 aromatic rings. The van der Waals surface area contributed by atoms with Gasteiger partial charge < -0.3 is 59.2 Å². The molecule has 0 radical (unpaired) electrons. The molecule has 0 N–H and O–H groups in total. The first kappa shape index (κ1) is 19.3. The first-order valence-corrected chi connectivity index (χ1v) is 4.85. The third-order valence-electron chi connectivity index (χ3n) is 0.524. The van der Waals surface area contributed by atoms with Crippen LogP contribution < -0.4 is 0 Å². The summed E-state index contributed by atoms with van der Waals surface area (Å²) >= 11 is 17.5. The summed E-state index contributed by atoms with van der Waals surface area (Å²) in [6.45, 7) is 4.86. The van der Waals surface area contributed by atoms with Crippen LogP contribution in [0.2, 0.25) is 0 Å². The minimum absolute atomic E-state index is 0. The molecule has 0 heterocycles. The zero-order valence-corrected chi connectivity index (χ0v) is 11.8. The van der Waals surface area contributed by atoms with Crippen LogP contribution in [-0.2, 0) is 52.1 Å². The predicted octanol–water partition coefficient (Wildman–Crippen LogP) is 1.71. The summed E-state index contributed by atoms with van der Waals surface area (Å²) in [4.78, 5) is 0. The van der Waals surface area contributed by atoms with Crippen molar-refractivity contribution in [2.75, 3.05) is 13.2 Å². The predicted molar refractivity (Wildman–Crippen MR) is 63.2 cm³/mol. The first-order chi connectivity index (χ1) is 5.54. The van der Waals surface area contributed by atoms with Gasteiger partial charge in [0.2, 0.25) is 0 Å². The molecule has 7 heteroatoms. The van der Waals surface area contributed by atoms with Crippen molar-refractivity contribution in [3.8, 4) is 0 Å². The van der Waals surface area contributed by atoms with Gasteiger partial charge in [-0.25, -0.2) is 0 Å². The molecule has 13 heavy (non-hydrogen) atoms. The number of rotatable bonds is 2. The minimum Gasteiger partial charge on any atom is -0.514 e. The van der Waals surface area contributed by atoms with E-state index in [0.29, 0.717) is 13.2 Å². The monoisotopic (exact) mass is 294 g/mol. The molecule has 0 aliphatic heterocycles. The number of hydrogen-bond acceptors (Lipinski definition) is 6. The van der Waals surface area contributed by atoms with E-state index < -0.39 is 0 Å². The van der Waals surface area contributed by atoms with Crippen LogP contribution in [0.5, 0.6) is 0 Å². The van der Waals surface area contributed by atoms with Crippen LogP contribution in [0.1, 0.15) is 13.8 Å². The molecule has 0 atom stereocenters. The maximum Gasteiger partial charge on any atom is 2.00 e. The fourth-order valence-corrected chi connectivity index (χ4v) is 0.707. The molecule has 0 aromatic heterocycles. The smallest absolute Gasteiger partial charge is 0.514 e. The van der Waals surface area contributed by atoms with Crippen LogP contribution in [0.3, 0.4) is 0 Å². The Kier molecular flexibility index (Phi) is 22.7. The van der Waals surface area contributed by atoms with Crippen molar-refractivity contribution in [1.82, 2.24) is 0 Å². The van der Waals surface area contributed by atoms with E-state index in [1.54, 1.807) is 0 Å². The molecule has 0 aliphatic rings. The number of ether oxygens (including phenoxy) is 2. The van der Waals surface area contributed by atoms with Crippen molar-refractivity contribution in [2.24, 2.45) is 0 Å². The van der Waals surface area contributed by atoms with Gasteiger partial charge in [0.15, 0.2) is 0 Å². The molecule has 0 saturated carbocycles. The van der Waals surface area contributed by atoms with Crippen molar-refractivity contribution in [3.63, 3.8) is 0 Å². The minimum atomic E-state index is 0. The van der Waals surface area contributed by atoms with Crippen molar-refractivity contribution in [3.05, 3.63) is 0 Å². The third-order valence-corrected chi connectivity index (χ3v) is 0.996. The second-order valence-electron chi connectivity index (χ2n) is 1.37. The van der Waals surface area contributed by atoms with E-state index in [-0.39, 0.29) is 26.1 Å². The maximum absolute atomic E-state index is 4.59. The van der Waals surface area contributed by atoms with Gasteiger partial charge in [-0.1, -0.05) is 0 Å². The van der Waals surface area contributed by atoms with Gasteiger partial charge in [-0.3, -0.25) is 0 Å². The fraction of sp³-hybridized carbons (Fsp3) is 0.667. The normalized spacial score (nSPS) is 6.92. The average Bonchev–Trinajstić information content (AvgIpc) is 1.87. The second kappa shape index (κ2) is 15.2. The Morgan fingerprint density at radius 3 is 1.23 bits per heavy atom. The SMILES string of the molecule is CCOC(=S)[S-].CCOC(=S)[S-].[Cr+2]. The molecule has 76 valence electrons. The van der Waals surface area contributed by atoms with Crippen LogP contribution in [0, 0.1) is 0 Å². The topological polar surface area (TPSA) is 18.5 Å². The molecule has 0 spiro atoms. The van der Waals surface area contributed by atoms with Gasteiger partial charge in [0.25, 0.3) is 0 Å². The van der Waals surface area contributed by atoms with Crippen molar-refractivity contribution < 1.29 is 26.8 Å². The van der Waals surface area contributed by atoms with E-state index >= 15 is 0 Å². The van der Waals surface area contributed by atoms with E-state index in [1.807, 2.05) is 13.8 Å². The largest absolute Gasteiger partial charge is 2.00 e. The van der Waals surface area contributed by atoms with Gasteiger partial charge in [-0.15, -0.1) is 0 Å². The van der Waals surface area contributed by atoms with Gasteiger partial charge in [-0.05, 0) is 13.8 Å². The molecule has 0 rings (SSSR count). The Labute approximate surface area is 112 Å². The molecule has 2 nitrogen and oxygen atoms in total. The summed E-state index contributed by atoms with van der Waals surface area (Å²) < 4.78 is 9.59. The molecule has 0 amide bonds. The average molecular weight is 294 g/mol. The molecule has 0 aromatic carbocycles. The quantitative estimate of drug-likeness (QED) is 0.566. The molecule has 0 bridgehead atoms. The molecule has 0 aliphatic carbocycles. The Morgan fingerprint density at radius 1 is 1.00 bits per heavy atom. The van der Waals surface area contributed by atoms with E-state index in [2.05, 4.69) is 59.2 Å². The maximum atomic E-state index is 4.59. The zero-order valence-electron chi connectivity index (χ0n) is 7.27. The van der Waals surface area contributed by atoms with Gasteiger partial charge >= 0.3 is 17.4 Å². The summed E-state index contributed by atoms with van der Waals surface area (Å²) in [7, 11) is 0. The third kappa shape index (κ3) is 32.3. The van der Waals surface area contributed by atoms with E-state index in [0.717, 1.165) is 0 Å². The fourth-order valence-electron chi connectivity index (χ4n) is 0.236. The second-order valence-corrected chi connectivity index (χ2v) is 3.37. The summed E-state index contributed by atoms with van der Waals surface area (Å²) in [5.74, 6) is 0. The first-order valence-electron chi connectivity index (χ1n) is 3.22. The van der Waals surface area contributed by atoms with Crippen LogP contribution in [-0.4, -0.2) is 22.0 Å². The van der Waals surface area contributed by atoms with Crippen LogP contribution in [0.15, 0.2) is 0 Å². The van der Waals surface area contributed by atoms with Crippen molar-refractivity contribution in [1.29, 1.82) is 0 Å².